The highest BCUT2D eigenvalue weighted by Crippen LogP contribution is 2.08. The lowest BCUT2D eigenvalue weighted by Crippen LogP contribution is -2.39. The molecule has 0 bridgehead atoms. The number of nitrogens with one attached hydrogen (secondary N) is 2. The minimum atomic E-state index is -3.14. The van der Waals surface area contributed by atoms with E-state index in [9.17, 15) is 13.2 Å². The zero-order chi connectivity index (χ0) is 13.5. The van der Waals surface area contributed by atoms with Gasteiger partial charge in [0.05, 0.1) is 12.2 Å². The summed E-state index contributed by atoms with van der Waals surface area (Å²) >= 11 is 0. The van der Waals surface area contributed by atoms with Gasteiger partial charge in [0.15, 0.2) is 0 Å². The molecule has 102 valence electrons. The monoisotopic (exact) mass is 265 g/mol. The van der Waals surface area contributed by atoms with Crippen molar-refractivity contribution in [3.05, 3.63) is 0 Å². The largest absolute Gasteiger partial charge is 0.356 e. The average molecular weight is 265 g/mol. The van der Waals surface area contributed by atoms with E-state index in [0.29, 0.717) is 26.1 Å². The van der Waals surface area contributed by atoms with Gasteiger partial charge in [-0.3, -0.25) is 4.79 Å². The van der Waals surface area contributed by atoms with Crippen LogP contribution in [-0.4, -0.2) is 40.2 Å². The molecule has 0 aliphatic heterocycles. The summed E-state index contributed by atoms with van der Waals surface area (Å²) in [5, 5.41) is 2.75. The predicted octanol–water partition coefficient (Wildman–Crippen LogP) is -0.727. The van der Waals surface area contributed by atoms with Gasteiger partial charge in [0.2, 0.25) is 15.9 Å². The Morgan fingerprint density at radius 3 is 2.29 bits per heavy atom. The van der Waals surface area contributed by atoms with Crippen LogP contribution in [0, 0.1) is 11.8 Å². The van der Waals surface area contributed by atoms with Crippen molar-refractivity contribution in [2.45, 2.75) is 20.3 Å². The third-order valence-electron chi connectivity index (χ3n) is 2.41. The smallest absolute Gasteiger partial charge is 0.224 e. The van der Waals surface area contributed by atoms with Gasteiger partial charge in [-0.15, -0.1) is 0 Å². The molecule has 0 aromatic carbocycles. The second-order valence-corrected chi connectivity index (χ2v) is 6.23. The molecule has 0 spiro atoms. The number of hydrogen-bond acceptors (Lipinski definition) is 4. The fourth-order valence-corrected chi connectivity index (χ4v) is 1.89. The number of carbonyl (C=O) groups is 1. The highest BCUT2D eigenvalue weighted by molar-refractivity contribution is 7.88. The van der Waals surface area contributed by atoms with Gasteiger partial charge in [0.1, 0.15) is 0 Å². The highest BCUT2D eigenvalue weighted by atomic mass is 32.2. The van der Waals surface area contributed by atoms with Crippen LogP contribution in [0.15, 0.2) is 0 Å². The molecule has 0 saturated heterocycles. The summed E-state index contributed by atoms with van der Waals surface area (Å²) in [5.74, 6) is -0.0473. The zero-order valence-corrected chi connectivity index (χ0v) is 11.5. The predicted molar refractivity (Wildman–Crippen MR) is 67.9 cm³/mol. The summed E-state index contributed by atoms with van der Waals surface area (Å²) < 4.78 is 23.9. The van der Waals surface area contributed by atoms with E-state index in [2.05, 4.69) is 10.0 Å². The molecular formula is C10H23N3O3S. The number of rotatable bonds is 8. The lowest BCUT2D eigenvalue weighted by Gasteiger charge is -2.18. The quantitative estimate of drug-likeness (QED) is 0.504. The minimum Gasteiger partial charge on any atom is -0.356 e. The van der Waals surface area contributed by atoms with E-state index in [0.717, 1.165) is 6.26 Å². The van der Waals surface area contributed by atoms with E-state index in [4.69, 9.17) is 5.73 Å². The molecule has 0 aliphatic rings. The van der Waals surface area contributed by atoms with Crippen molar-refractivity contribution in [2.24, 2.45) is 17.6 Å². The molecule has 0 aromatic heterocycles. The van der Waals surface area contributed by atoms with Crippen molar-refractivity contribution in [3.8, 4) is 0 Å². The van der Waals surface area contributed by atoms with Crippen LogP contribution in [0.25, 0.3) is 0 Å². The lowest BCUT2D eigenvalue weighted by atomic mass is 9.95. The molecule has 0 radical (unpaired) electrons. The molecule has 0 aromatic rings. The van der Waals surface area contributed by atoms with Crippen molar-refractivity contribution in [2.75, 3.05) is 25.9 Å². The maximum atomic E-state index is 11.6. The van der Waals surface area contributed by atoms with Crippen LogP contribution in [0.1, 0.15) is 20.3 Å². The van der Waals surface area contributed by atoms with Crippen LogP contribution in [0.4, 0.5) is 0 Å². The minimum absolute atomic E-state index is 0.0677. The van der Waals surface area contributed by atoms with Crippen LogP contribution in [-0.2, 0) is 14.8 Å². The Morgan fingerprint density at radius 2 is 1.88 bits per heavy atom. The first-order valence-electron chi connectivity index (χ1n) is 5.70. The second kappa shape index (κ2) is 7.62. The Hall–Kier alpha value is -0.660. The standard InChI is InChI=1S/C10H23N3O3S/c1-8(2)9(7-11)10(14)12-5-4-6-13-17(3,15)16/h8-9,13H,4-7,11H2,1-3H3,(H,12,14). The maximum Gasteiger partial charge on any atom is 0.224 e. The van der Waals surface area contributed by atoms with E-state index in [1.165, 1.54) is 0 Å². The summed E-state index contributed by atoms with van der Waals surface area (Å²) in [6, 6.07) is 0. The summed E-state index contributed by atoms with van der Waals surface area (Å²) in [6.45, 7) is 4.99. The second-order valence-electron chi connectivity index (χ2n) is 4.40. The molecule has 0 heterocycles. The first-order chi connectivity index (χ1) is 7.78. The van der Waals surface area contributed by atoms with Crippen molar-refractivity contribution in [1.82, 2.24) is 10.0 Å². The van der Waals surface area contributed by atoms with Gasteiger partial charge in [-0.25, -0.2) is 13.1 Å². The van der Waals surface area contributed by atoms with E-state index < -0.39 is 10.0 Å². The number of nitrogens with two attached hydrogens (primary N) is 1. The van der Waals surface area contributed by atoms with Gasteiger partial charge >= 0.3 is 0 Å². The van der Waals surface area contributed by atoms with Gasteiger partial charge in [0, 0.05) is 19.6 Å². The Morgan fingerprint density at radius 1 is 1.29 bits per heavy atom. The Balaban J connectivity index is 3.78. The maximum absolute atomic E-state index is 11.6. The van der Waals surface area contributed by atoms with Crippen LogP contribution in [0.5, 0.6) is 0 Å². The molecule has 4 N–H and O–H groups in total. The summed E-state index contributed by atoms with van der Waals surface area (Å²) in [5.41, 5.74) is 5.51. The fourth-order valence-electron chi connectivity index (χ4n) is 1.37. The Labute approximate surface area is 103 Å². The van der Waals surface area contributed by atoms with Crippen molar-refractivity contribution in [1.29, 1.82) is 0 Å². The summed E-state index contributed by atoms with van der Waals surface area (Å²) in [7, 11) is -3.14. The molecular weight excluding hydrogens is 242 g/mol. The molecule has 1 amide bonds. The zero-order valence-electron chi connectivity index (χ0n) is 10.7. The Bertz CT molecular complexity index is 328. The van der Waals surface area contributed by atoms with E-state index in [-0.39, 0.29) is 17.7 Å². The first-order valence-corrected chi connectivity index (χ1v) is 7.59. The lowest BCUT2D eigenvalue weighted by molar-refractivity contribution is -0.125. The normalized spacial score (nSPS) is 13.7. The number of carbonyl (C=O) groups excluding carboxylic acids is 1. The molecule has 0 rings (SSSR count). The van der Waals surface area contributed by atoms with Crippen molar-refractivity contribution in [3.63, 3.8) is 0 Å². The topological polar surface area (TPSA) is 101 Å². The van der Waals surface area contributed by atoms with Gasteiger partial charge in [0.25, 0.3) is 0 Å². The third-order valence-corrected chi connectivity index (χ3v) is 3.14. The summed E-state index contributed by atoms with van der Waals surface area (Å²) in [6.07, 6.45) is 1.67. The van der Waals surface area contributed by atoms with E-state index in [1.807, 2.05) is 13.8 Å². The molecule has 6 nitrogen and oxygen atoms in total. The van der Waals surface area contributed by atoms with Crippen LogP contribution < -0.4 is 15.8 Å². The highest BCUT2D eigenvalue weighted by Gasteiger charge is 2.19. The Kier molecular flexibility index (Phi) is 7.33. The number of sulfonamides is 1. The van der Waals surface area contributed by atoms with E-state index in [1.54, 1.807) is 0 Å². The van der Waals surface area contributed by atoms with E-state index >= 15 is 0 Å². The van der Waals surface area contributed by atoms with Crippen LogP contribution in [0.3, 0.4) is 0 Å². The van der Waals surface area contributed by atoms with Gasteiger partial charge in [-0.1, -0.05) is 13.8 Å². The third kappa shape index (κ3) is 8.12. The van der Waals surface area contributed by atoms with Crippen molar-refractivity contribution >= 4 is 15.9 Å². The van der Waals surface area contributed by atoms with Gasteiger partial charge < -0.3 is 11.1 Å². The number of amides is 1. The number of hydrogen-bond donors (Lipinski definition) is 3. The fraction of sp³-hybridized carbons (Fsp3) is 0.900. The molecule has 7 heteroatoms. The summed E-state index contributed by atoms with van der Waals surface area (Å²) in [4.78, 5) is 11.6. The molecule has 17 heavy (non-hydrogen) atoms. The SMILES string of the molecule is CC(C)C(CN)C(=O)NCCCNS(C)(=O)=O. The van der Waals surface area contributed by atoms with Gasteiger partial charge in [-0.2, -0.15) is 0 Å². The molecule has 0 fully saturated rings. The van der Waals surface area contributed by atoms with Gasteiger partial charge in [-0.05, 0) is 12.3 Å². The molecule has 0 saturated carbocycles. The average Bonchev–Trinajstić information content (AvgIpc) is 2.15. The van der Waals surface area contributed by atoms with Crippen molar-refractivity contribution < 1.29 is 13.2 Å². The molecule has 1 atom stereocenters. The molecule has 0 aliphatic carbocycles. The van der Waals surface area contributed by atoms with Crippen LogP contribution in [0.2, 0.25) is 0 Å². The first kappa shape index (κ1) is 16.3. The van der Waals surface area contributed by atoms with Crippen LogP contribution >= 0.6 is 0 Å². The molecule has 1 unspecified atom stereocenters.